The summed E-state index contributed by atoms with van der Waals surface area (Å²) >= 11 is 3.38. The smallest absolute Gasteiger partial charge is 0.170 e. The summed E-state index contributed by atoms with van der Waals surface area (Å²) in [5.74, 6) is 0.804. The number of fused-ring (bicyclic) bond motifs is 1. The van der Waals surface area contributed by atoms with Crippen molar-refractivity contribution in [3.8, 4) is 5.75 Å². The third-order valence-electron chi connectivity index (χ3n) is 3.33. The van der Waals surface area contributed by atoms with Gasteiger partial charge in [0, 0.05) is 4.47 Å². The highest BCUT2D eigenvalue weighted by molar-refractivity contribution is 9.10. The van der Waals surface area contributed by atoms with Crippen LogP contribution in [0.15, 0.2) is 46.9 Å². The predicted molar refractivity (Wildman–Crippen MR) is 77.6 cm³/mol. The zero-order valence-corrected chi connectivity index (χ0v) is 12.1. The van der Waals surface area contributed by atoms with Gasteiger partial charge in [0.25, 0.3) is 0 Å². The van der Waals surface area contributed by atoms with Crippen LogP contribution in [0.25, 0.3) is 0 Å². The molecule has 0 aromatic heterocycles. The Morgan fingerprint density at radius 1 is 1.16 bits per heavy atom. The predicted octanol–water partition coefficient (Wildman–Crippen LogP) is 4.46. The summed E-state index contributed by atoms with van der Waals surface area (Å²) in [7, 11) is 0. The minimum Gasteiger partial charge on any atom is -0.484 e. The first-order chi connectivity index (χ1) is 9.13. The van der Waals surface area contributed by atoms with Crippen molar-refractivity contribution in [1.29, 1.82) is 0 Å². The molecule has 1 aliphatic rings. The van der Waals surface area contributed by atoms with Crippen LogP contribution in [0.5, 0.6) is 5.75 Å². The largest absolute Gasteiger partial charge is 0.484 e. The molecule has 96 valence electrons. The topological polar surface area (TPSA) is 26.3 Å². The van der Waals surface area contributed by atoms with E-state index in [2.05, 4.69) is 15.9 Å². The molecule has 1 aliphatic heterocycles. The minimum absolute atomic E-state index is 0.133. The van der Waals surface area contributed by atoms with Crippen molar-refractivity contribution in [3.05, 3.63) is 63.6 Å². The Morgan fingerprint density at radius 2 is 1.89 bits per heavy atom. The molecule has 1 atom stereocenters. The van der Waals surface area contributed by atoms with E-state index in [-0.39, 0.29) is 11.9 Å². The van der Waals surface area contributed by atoms with E-state index in [0.29, 0.717) is 17.7 Å². The van der Waals surface area contributed by atoms with E-state index in [0.717, 1.165) is 10.0 Å². The number of rotatable bonds is 1. The third kappa shape index (κ3) is 2.43. The maximum atomic E-state index is 12.2. The molecule has 2 aromatic carbocycles. The number of carbonyl (C=O) groups is 1. The summed E-state index contributed by atoms with van der Waals surface area (Å²) in [4.78, 5) is 12.2. The minimum atomic E-state index is -0.179. The van der Waals surface area contributed by atoms with Gasteiger partial charge in [-0.05, 0) is 30.7 Å². The van der Waals surface area contributed by atoms with Crippen LogP contribution in [0.1, 0.15) is 34.0 Å². The number of hydrogen-bond donors (Lipinski definition) is 0. The fraction of sp³-hybridized carbons (Fsp3) is 0.188. The maximum Gasteiger partial charge on any atom is 0.170 e. The van der Waals surface area contributed by atoms with Crippen LogP contribution in [0.4, 0.5) is 0 Å². The van der Waals surface area contributed by atoms with Crippen LogP contribution in [-0.2, 0) is 0 Å². The molecule has 0 bridgehead atoms. The molecule has 0 saturated heterocycles. The highest BCUT2D eigenvalue weighted by atomic mass is 79.9. The van der Waals surface area contributed by atoms with Crippen LogP contribution in [0, 0.1) is 6.92 Å². The quantitative estimate of drug-likeness (QED) is 0.776. The van der Waals surface area contributed by atoms with Crippen LogP contribution >= 0.6 is 15.9 Å². The summed E-state index contributed by atoms with van der Waals surface area (Å²) in [6.07, 6.45) is 0.216. The second kappa shape index (κ2) is 4.82. The number of hydrogen-bond acceptors (Lipinski definition) is 2. The van der Waals surface area contributed by atoms with Gasteiger partial charge in [0.2, 0.25) is 0 Å². The lowest BCUT2D eigenvalue weighted by atomic mass is 9.96. The molecular formula is C16H13BrO2. The lowest BCUT2D eigenvalue weighted by molar-refractivity contribution is 0.0850. The monoisotopic (exact) mass is 316 g/mol. The van der Waals surface area contributed by atoms with Crippen LogP contribution in [-0.4, -0.2) is 5.78 Å². The summed E-state index contributed by atoms with van der Waals surface area (Å²) < 4.78 is 6.84. The lowest BCUT2D eigenvalue weighted by Crippen LogP contribution is -2.20. The average molecular weight is 317 g/mol. The van der Waals surface area contributed by atoms with Crippen LogP contribution in [0.3, 0.4) is 0 Å². The van der Waals surface area contributed by atoms with Crippen LogP contribution in [0.2, 0.25) is 0 Å². The van der Waals surface area contributed by atoms with Crippen molar-refractivity contribution in [2.75, 3.05) is 0 Å². The Labute approximate surface area is 120 Å². The maximum absolute atomic E-state index is 12.2. The van der Waals surface area contributed by atoms with E-state index in [9.17, 15) is 4.79 Å². The molecule has 0 saturated carbocycles. The molecule has 0 N–H and O–H groups in total. The second-order valence-corrected chi connectivity index (χ2v) is 5.70. The molecule has 3 rings (SSSR count). The van der Waals surface area contributed by atoms with Gasteiger partial charge >= 0.3 is 0 Å². The summed E-state index contributed by atoms with van der Waals surface area (Å²) in [6, 6.07) is 13.7. The number of ether oxygens (including phenoxy) is 1. The number of benzene rings is 2. The van der Waals surface area contributed by atoms with Crippen molar-refractivity contribution in [2.24, 2.45) is 0 Å². The number of aryl methyl sites for hydroxylation is 1. The van der Waals surface area contributed by atoms with Gasteiger partial charge < -0.3 is 4.74 Å². The molecule has 2 aromatic rings. The zero-order chi connectivity index (χ0) is 13.4. The molecule has 19 heavy (non-hydrogen) atoms. The average Bonchev–Trinajstić information content (AvgIpc) is 2.40. The van der Waals surface area contributed by atoms with Crippen molar-refractivity contribution in [1.82, 2.24) is 0 Å². The van der Waals surface area contributed by atoms with Crippen LogP contribution < -0.4 is 4.74 Å². The van der Waals surface area contributed by atoms with E-state index < -0.39 is 0 Å². The molecule has 1 unspecified atom stereocenters. The highest BCUT2D eigenvalue weighted by Crippen LogP contribution is 2.36. The van der Waals surface area contributed by atoms with Crippen molar-refractivity contribution >= 4 is 21.7 Å². The fourth-order valence-electron chi connectivity index (χ4n) is 2.26. The van der Waals surface area contributed by atoms with Gasteiger partial charge in [0.05, 0.1) is 12.0 Å². The molecular weight excluding hydrogens is 304 g/mol. The van der Waals surface area contributed by atoms with Crippen molar-refractivity contribution in [3.63, 3.8) is 0 Å². The van der Waals surface area contributed by atoms with Crippen molar-refractivity contribution in [2.45, 2.75) is 19.4 Å². The normalized spacial score (nSPS) is 17.8. The molecule has 0 aliphatic carbocycles. The zero-order valence-electron chi connectivity index (χ0n) is 10.5. The van der Waals surface area contributed by atoms with E-state index >= 15 is 0 Å². The number of ketones is 1. The van der Waals surface area contributed by atoms with Gasteiger partial charge in [-0.15, -0.1) is 0 Å². The van der Waals surface area contributed by atoms with Gasteiger partial charge in [-0.2, -0.15) is 0 Å². The molecule has 0 spiro atoms. The summed E-state index contributed by atoms with van der Waals surface area (Å²) in [6.45, 7) is 2.05. The van der Waals surface area contributed by atoms with E-state index in [4.69, 9.17) is 4.74 Å². The Kier molecular flexibility index (Phi) is 3.15. The molecule has 1 heterocycles. The van der Waals surface area contributed by atoms with Gasteiger partial charge in [-0.1, -0.05) is 45.8 Å². The molecule has 0 fully saturated rings. The summed E-state index contributed by atoms with van der Waals surface area (Å²) in [5.41, 5.74) is 2.92. The third-order valence-corrected chi connectivity index (χ3v) is 3.82. The number of halogens is 1. The lowest BCUT2D eigenvalue weighted by Gasteiger charge is -2.25. The molecule has 0 amide bonds. The molecule has 0 radical (unpaired) electrons. The Hall–Kier alpha value is -1.61. The van der Waals surface area contributed by atoms with E-state index in [1.807, 2.05) is 49.4 Å². The number of carbonyl (C=O) groups excluding carboxylic acids is 1. The Bertz CT molecular complexity index is 632. The Morgan fingerprint density at radius 3 is 2.63 bits per heavy atom. The van der Waals surface area contributed by atoms with Crippen molar-refractivity contribution < 1.29 is 9.53 Å². The van der Waals surface area contributed by atoms with Gasteiger partial charge in [0.1, 0.15) is 11.9 Å². The Balaban J connectivity index is 1.95. The van der Waals surface area contributed by atoms with E-state index in [1.165, 1.54) is 5.56 Å². The van der Waals surface area contributed by atoms with Gasteiger partial charge in [0.15, 0.2) is 5.78 Å². The number of Topliss-reactive ketones (excluding diaryl/α,β-unsaturated/α-hetero) is 1. The molecule has 2 nitrogen and oxygen atoms in total. The van der Waals surface area contributed by atoms with E-state index in [1.54, 1.807) is 0 Å². The standard InChI is InChI=1S/C16H13BrO2/c1-10-2-4-11(5-3-10)16-9-14(18)13-8-12(17)6-7-15(13)19-16/h2-8,16H,9H2,1H3. The molecule has 3 heteroatoms. The first kappa shape index (κ1) is 12.4. The fourth-order valence-corrected chi connectivity index (χ4v) is 2.62. The van der Waals surface area contributed by atoms with Gasteiger partial charge in [-0.3, -0.25) is 4.79 Å². The highest BCUT2D eigenvalue weighted by Gasteiger charge is 2.27. The first-order valence-corrected chi connectivity index (χ1v) is 6.99. The summed E-state index contributed by atoms with van der Waals surface area (Å²) in [5, 5.41) is 0. The van der Waals surface area contributed by atoms with Gasteiger partial charge in [-0.25, -0.2) is 0 Å². The second-order valence-electron chi connectivity index (χ2n) is 4.78. The SMILES string of the molecule is Cc1ccc(C2CC(=O)c3cc(Br)ccc3O2)cc1. The first-order valence-electron chi connectivity index (χ1n) is 6.19.